The van der Waals surface area contributed by atoms with E-state index in [0.29, 0.717) is 10.2 Å². The predicted molar refractivity (Wildman–Crippen MR) is 138 cm³/mol. The second-order valence-corrected chi connectivity index (χ2v) is 9.08. The Morgan fingerprint density at radius 3 is 2.29 bits per heavy atom. The van der Waals surface area contributed by atoms with Gasteiger partial charge in [-0.2, -0.15) is 5.10 Å². The Morgan fingerprint density at radius 1 is 0.971 bits per heavy atom. The summed E-state index contributed by atoms with van der Waals surface area (Å²) in [7, 11) is 0. The molecular weight excluding hydrogens is 464 g/mol. The summed E-state index contributed by atoms with van der Waals surface area (Å²) in [6.07, 6.45) is 2.09. The third-order valence-corrected chi connectivity index (χ3v) is 6.53. The third kappa shape index (κ3) is 4.64. The molecule has 0 fully saturated rings. The molecule has 5 rings (SSSR count). The van der Waals surface area contributed by atoms with Crippen LogP contribution in [0.15, 0.2) is 96.5 Å². The second-order valence-electron chi connectivity index (χ2n) is 7.80. The zero-order valence-corrected chi connectivity index (χ0v) is 20.0. The summed E-state index contributed by atoms with van der Waals surface area (Å²) in [5.41, 5.74) is 5.06. The minimum atomic E-state index is -0.0802. The highest BCUT2D eigenvalue weighted by Gasteiger charge is 2.24. The second kappa shape index (κ2) is 9.63. The first kappa shape index (κ1) is 22.1. The van der Waals surface area contributed by atoms with Crippen molar-refractivity contribution in [3.05, 3.63) is 113 Å². The smallest absolute Gasteiger partial charge is 0.237 e. The maximum Gasteiger partial charge on any atom is 0.237 e. The lowest BCUT2D eigenvalue weighted by Gasteiger charge is -2.20. The molecule has 168 valence electrons. The number of carbonyl (C=O) groups is 1. The van der Waals surface area contributed by atoms with Crippen LogP contribution >= 0.6 is 22.9 Å². The molecule has 1 amide bonds. The van der Waals surface area contributed by atoms with E-state index in [0.717, 1.165) is 33.9 Å². The lowest BCUT2D eigenvalue weighted by atomic mass is 10.1. The number of thiazole rings is 1. The highest BCUT2D eigenvalue weighted by molar-refractivity contribution is 7.14. The number of hydrogen-bond donors (Lipinski definition) is 0. The third-order valence-electron chi connectivity index (χ3n) is 5.33. The van der Waals surface area contributed by atoms with Crippen molar-refractivity contribution in [2.45, 2.75) is 13.3 Å². The summed E-state index contributed by atoms with van der Waals surface area (Å²) in [4.78, 5) is 20.0. The molecule has 0 unspecified atom stereocenters. The van der Waals surface area contributed by atoms with Gasteiger partial charge in [-0.25, -0.2) is 9.67 Å². The van der Waals surface area contributed by atoms with Crippen molar-refractivity contribution >= 4 is 39.7 Å². The van der Waals surface area contributed by atoms with Gasteiger partial charge in [-0.05, 0) is 43.3 Å². The van der Waals surface area contributed by atoms with Gasteiger partial charge in [0.25, 0.3) is 0 Å². The predicted octanol–water partition coefficient (Wildman–Crippen LogP) is 6.87. The van der Waals surface area contributed by atoms with Crippen LogP contribution in [0.2, 0.25) is 5.02 Å². The van der Waals surface area contributed by atoms with Crippen LogP contribution in [-0.4, -0.2) is 20.7 Å². The molecule has 0 aliphatic carbocycles. The Hall–Kier alpha value is -3.74. The zero-order valence-electron chi connectivity index (χ0n) is 18.4. The summed E-state index contributed by atoms with van der Waals surface area (Å²) in [6, 6.07) is 27.0. The number of para-hydroxylation sites is 2. The van der Waals surface area contributed by atoms with Crippen LogP contribution in [0.3, 0.4) is 0 Å². The summed E-state index contributed by atoms with van der Waals surface area (Å²) in [6.45, 7) is 1.93. The first-order valence-corrected chi connectivity index (χ1v) is 12.0. The van der Waals surface area contributed by atoms with Gasteiger partial charge in [0.2, 0.25) is 5.91 Å². The fraction of sp³-hybridized carbons (Fsp3) is 0.0741. The average molecular weight is 485 g/mol. The van der Waals surface area contributed by atoms with Gasteiger partial charge in [0.1, 0.15) is 0 Å². The van der Waals surface area contributed by atoms with Crippen molar-refractivity contribution in [1.82, 2.24) is 14.8 Å². The number of aromatic nitrogens is 3. The average Bonchev–Trinajstić information content (AvgIpc) is 3.47. The van der Waals surface area contributed by atoms with E-state index in [1.807, 2.05) is 108 Å². The molecule has 0 saturated carbocycles. The maximum atomic E-state index is 13.7. The van der Waals surface area contributed by atoms with Crippen LogP contribution in [-0.2, 0) is 11.2 Å². The number of aryl methyl sites for hydroxylation is 1. The van der Waals surface area contributed by atoms with E-state index in [4.69, 9.17) is 16.7 Å². The summed E-state index contributed by atoms with van der Waals surface area (Å²) < 4.78 is 1.81. The Labute approximate surface area is 206 Å². The minimum absolute atomic E-state index is 0.0802. The molecule has 0 bridgehead atoms. The number of halogens is 1. The van der Waals surface area contributed by atoms with Gasteiger partial charge in [-0.15, -0.1) is 11.3 Å². The number of nitrogens with zero attached hydrogens (tertiary/aromatic N) is 4. The monoisotopic (exact) mass is 484 g/mol. The summed E-state index contributed by atoms with van der Waals surface area (Å²) in [5, 5.41) is 8.08. The van der Waals surface area contributed by atoms with Crippen molar-refractivity contribution in [2.24, 2.45) is 0 Å². The molecule has 0 N–H and O–H groups in total. The molecule has 34 heavy (non-hydrogen) atoms. The molecule has 5 aromatic rings. The summed E-state index contributed by atoms with van der Waals surface area (Å²) >= 11 is 7.57. The lowest BCUT2D eigenvalue weighted by Crippen LogP contribution is -2.27. The SMILES string of the molecule is Cc1csc(N(C(=O)Cc2cn(-c3ccccc3)nc2-c2ccc(Cl)cc2)c2ccccc2)n1. The molecule has 2 heterocycles. The van der Waals surface area contributed by atoms with Crippen molar-refractivity contribution in [3.63, 3.8) is 0 Å². The van der Waals surface area contributed by atoms with Crippen molar-refractivity contribution in [1.29, 1.82) is 0 Å². The van der Waals surface area contributed by atoms with Crippen molar-refractivity contribution in [2.75, 3.05) is 4.90 Å². The number of hydrogen-bond acceptors (Lipinski definition) is 4. The number of benzene rings is 3. The van der Waals surface area contributed by atoms with Gasteiger partial charge in [0, 0.05) is 27.7 Å². The largest absolute Gasteiger partial charge is 0.274 e. The van der Waals surface area contributed by atoms with Gasteiger partial charge in [0.05, 0.1) is 29.2 Å². The van der Waals surface area contributed by atoms with E-state index >= 15 is 0 Å². The normalized spacial score (nSPS) is 10.9. The lowest BCUT2D eigenvalue weighted by molar-refractivity contribution is -0.117. The maximum absolute atomic E-state index is 13.7. The molecule has 0 aliphatic rings. The van der Waals surface area contributed by atoms with Crippen LogP contribution in [0.4, 0.5) is 10.8 Å². The van der Waals surface area contributed by atoms with E-state index in [1.165, 1.54) is 11.3 Å². The van der Waals surface area contributed by atoms with Crippen LogP contribution in [0.1, 0.15) is 11.3 Å². The Balaban J connectivity index is 1.56. The van der Waals surface area contributed by atoms with Crippen LogP contribution in [0.5, 0.6) is 0 Å². The number of rotatable bonds is 6. The molecule has 0 atom stereocenters. The molecule has 2 aromatic heterocycles. The minimum Gasteiger partial charge on any atom is -0.274 e. The quantitative estimate of drug-likeness (QED) is 0.264. The molecule has 0 radical (unpaired) electrons. The highest BCUT2D eigenvalue weighted by Crippen LogP contribution is 2.31. The van der Waals surface area contributed by atoms with Crippen LogP contribution in [0, 0.1) is 6.92 Å². The summed E-state index contributed by atoms with van der Waals surface area (Å²) in [5.74, 6) is -0.0802. The topological polar surface area (TPSA) is 51.0 Å². The Bertz CT molecular complexity index is 1410. The van der Waals surface area contributed by atoms with E-state index in [9.17, 15) is 4.79 Å². The van der Waals surface area contributed by atoms with Crippen LogP contribution in [0.25, 0.3) is 16.9 Å². The molecule has 7 heteroatoms. The van der Waals surface area contributed by atoms with Crippen molar-refractivity contribution in [3.8, 4) is 16.9 Å². The number of amides is 1. The van der Waals surface area contributed by atoms with Crippen LogP contribution < -0.4 is 4.90 Å². The Kier molecular flexibility index (Phi) is 6.25. The van der Waals surface area contributed by atoms with Gasteiger partial charge in [0.15, 0.2) is 5.13 Å². The molecule has 0 aliphatic heterocycles. The highest BCUT2D eigenvalue weighted by atomic mass is 35.5. The van der Waals surface area contributed by atoms with Crippen molar-refractivity contribution < 1.29 is 4.79 Å². The fourth-order valence-corrected chi connectivity index (χ4v) is 4.69. The molecule has 3 aromatic carbocycles. The van der Waals surface area contributed by atoms with Gasteiger partial charge >= 0.3 is 0 Å². The van der Waals surface area contributed by atoms with E-state index in [-0.39, 0.29) is 12.3 Å². The first-order chi connectivity index (χ1) is 16.6. The molecule has 0 saturated heterocycles. The Morgan fingerprint density at radius 2 is 1.65 bits per heavy atom. The van der Waals surface area contributed by atoms with E-state index < -0.39 is 0 Å². The van der Waals surface area contributed by atoms with E-state index in [1.54, 1.807) is 4.90 Å². The molecule has 0 spiro atoms. The van der Waals surface area contributed by atoms with Gasteiger partial charge < -0.3 is 0 Å². The fourth-order valence-electron chi connectivity index (χ4n) is 3.73. The first-order valence-electron chi connectivity index (χ1n) is 10.8. The standard InChI is InChI=1S/C27H21ClN4OS/c1-19-18-34-27(29-19)32(24-10-6-3-7-11-24)25(33)16-21-17-31(23-8-4-2-5-9-23)30-26(21)20-12-14-22(28)15-13-20/h2-15,17-18H,16H2,1H3. The number of carbonyl (C=O) groups excluding carboxylic acids is 1. The van der Waals surface area contributed by atoms with E-state index in [2.05, 4.69) is 4.98 Å². The molecular formula is C27H21ClN4OS. The van der Waals surface area contributed by atoms with Gasteiger partial charge in [-0.1, -0.05) is 60.1 Å². The molecule has 5 nitrogen and oxygen atoms in total. The number of anilines is 2. The van der Waals surface area contributed by atoms with Gasteiger partial charge in [-0.3, -0.25) is 9.69 Å². The zero-order chi connectivity index (χ0) is 23.5.